The highest BCUT2D eigenvalue weighted by Gasteiger charge is 2.28. The molecule has 0 saturated heterocycles. The first-order valence-electron chi connectivity index (χ1n) is 8.31. The van der Waals surface area contributed by atoms with Crippen molar-refractivity contribution in [1.82, 2.24) is 5.48 Å². The van der Waals surface area contributed by atoms with Crippen LogP contribution in [0.2, 0.25) is 5.02 Å². The molecule has 5 nitrogen and oxygen atoms in total. The van der Waals surface area contributed by atoms with E-state index >= 15 is 0 Å². The van der Waals surface area contributed by atoms with Crippen LogP contribution in [-0.4, -0.2) is 17.3 Å². The summed E-state index contributed by atoms with van der Waals surface area (Å²) in [5, 5.41) is 12.5. The first-order chi connectivity index (χ1) is 13.3. The number of benzene rings is 2. The topological polar surface area (TPSA) is 70.6 Å². The predicted molar refractivity (Wildman–Crippen MR) is 106 cm³/mol. The van der Waals surface area contributed by atoms with Gasteiger partial charge in [-0.1, -0.05) is 18.0 Å². The minimum absolute atomic E-state index is 0.120. The second-order valence-electron chi connectivity index (χ2n) is 6.29. The van der Waals surface area contributed by atoms with E-state index in [0.717, 1.165) is 22.8 Å². The smallest absolute Gasteiger partial charge is 0.277 e. The summed E-state index contributed by atoms with van der Waals surface area (Å²) in [5.74, 6) is -6.04. The van der Waals surface area contributed by atoms with Crippen molar-refractivity contribution >= 4 is 51.5 Å². The van der Waals surface area contributed by atoms with Crippen molar-refractivity contribution in [2.24, 2.45) is 5.92 Å². The largest absolute Gasteiger partial charge is 0.366 e. The molecule has 2 aromatic carbocycles. The van der Waals surface area contributed by atoms with Crippen molar-refractivity contribution in [2.75, 3.05) is 5.32 Å². The number of carbonyl (C=O) groups excluding carboxylic acids is 1. The van der Waals surface area contributed by atoms with Gasteiger partial charge in [0, 0.05) is 9.49 Å². The van der Waals surface area contributed by atoms with E-state index in [1.165, 1.54) is 6.07 Å². The van der Waals surface area contributed by atoms with Crippen LogP contribution in [0.3, 0.4) is 0 Å². The molecule has 1 amide bonds. The first kappa shape index (κ1) is 21.2. The lowest BCUT2D eigenvalue weighted by molar-refractivity contribution is -0.178. The summed E-state index contributed by atoms with van der Waals surface area (Å²) in [4.78, 5) is 17.2. The van der Waals surface area contributed by atoms with E-state index in [4.69, 9.17) is 16.4 Å². The van der Waals surface area contributed by atoms with Gasteiger partial charge >= 0.3 is 0 Å². The zero-order valence-electron chi connectivity index (χ0n) is 14.2. The maximum Gasteiger partial charge on any atom is 0.277 e. The lowest BCUT2D eigenvalue weighted by Crippen LogP contribution is -2.36. The third kappa shape index (κ3) is 4.53. The van der Waals surface area contributed by atoms with E-state index in [9.17, 15) is 23.1 Å². The zero-order valence-corrected chi connectivity index (χ0v) is 17.2. The number of carbonyl (C=O) groups is 1. The fourth-order valence-corrected chi connectivity index (χ4v) is 3.52. The number of aliphatic hydroxyl groups excluding tert-OH is 1. The van der Waals surface area contributed by atoms with Crippen molar-refractivity contribution in [1.29, 1.82) is 0 Å². The SMILES string of the molecule is O=C(NOC(O)C1CCC1)c1cc(F)c(F)c(F)c1Nc1ccc(I)cc1Cl. The average Bonchev–Trinajstić information content (AvgIpc) is 2.60. The summed E-state index contributed by atoms with van der Waals surface area (Å²) in [5.41, 5.74) is 0.985. The van der Waals surface area contributed by atoms with Gasteiger partial charge in [0.25, 0.3) is 5.91 Å². The molecule has 0 aliphatic heterocycles. The Morgan fingerprint density at radius 3 is 2.57 bits per heavy atom. The number of nitrogens with one attached hydrogen (secondary N) is 2. The van der Waals surface area contributed by atoms with Crippen molar-refractivity contribution in [3.63, 3.8) is 0 Å². The van der Waals surface area contributed by atoms with Gasteiger partial charge < -0.3 is 10.4 Å². The monoisotopic (exact) mass is 526 g/mol. The van der Waals surface area contributed by atoms with Gasteiger partial charge in [-0.3, -0.25) is 4.79 Å². The van der Waals surface area contributed by atoms with Crippen LogP contribution in [0.5, 0.6) is 0 Å². The molecule has 1 aliphatic rings. The average molecular weight is 527 g/mol. The minimum Gasteiger partial charge on any atom is -0.366 e. The highest BCUT2D eigenvalue weighted by atomic mass is 127. The standard InChI is InChI=1S/C18H15ClF3IN2O3/c19-11-6-9(23)4-5-13(11)24-16-10(7-12(20)14(21)15(16)22)17(26)25-28-18(27)8-2-1-3-8/h4-8,18,24,27H,1-3H2,(H,25,26). The van der Waals surface area contributed by atoms with Crippen LogP contribution < -0.4 is 10.8 Å². The second kappa shape index (κ2) is 8.85. The van der Waals surface area contributed by atoms with Crippen LogP contribution in [0.15, 0.2) is 24.3 Å². The molecule has 0 aromatic heterocycles. The maximum atomic E-state index is 14.4. The van der Waals surface area contributed by atoms with Crippen molar-refractivity contribution in [2.45, 2.75) is 25.6 Å². The molecule has 0 heterocycles. The number of aliphatic hydroxyl groups is 1. The van der Waals surface area contributed by atoms with Gasteiger partial charge in [0.05, 0.1) is 22.0 Å². The van der Waals surface area contributed by atoms with Crippen molar-refractivity contribution < 1.29 is 27.9 Å². The lowest BCUT2D eigenvalue weighted by Gasteiger charge is -2.29. The molecule has 0 bridgehead atoms. The van der Waals surface area contributed by atoms with E-state index < -0.39 is 40.9 Å². The fraction of sp³-hybridized carbons (Fsp3) is 0.278. The molecule has 2 aromatic rings. The number of hydrogen-bond donors (Lipinski definition) is 3. The molecular weight excluding hydrogens is 512 g/mol. The van der Waals surface area contributed by atoms with E-state index in [1.807, 2.05) is 28.1 Å². The zero-order chi connectivity index (χ0) is 20.4. The predicted octanol–water partition coefficient (Wildman–Crippen LogP) is 4.89. The Kier molecular flexibility index (Phi) is 6.69. The van der Waals surface area contributed by atoms with Gasteiger partial charge in [0.1, 0.15) is 0 Å². The Balaban J connectivity index is 1.87. The van der Waals surface area contributed by atoms with Gasteiger partial charge in [0.15, 0.2) is 23.7 Å². The van der Waals surface area contributed by atoms with Crippen LogP contribution in [0, 0.1) is 26.9 Å². The Hall–Kier alpha value is -1.56. The van der Waals surface area contributed by atoms with Crippen LogP contribution in [0.1, 0.15) is 29.6 Å². The molecule has 1 saturated carbocycles. The molecule has 28 heavy (non-hydrogen) atoms. The number of amides is 1. The molecule has 150 valence electrons. The quantitative estimate of drug-likeness (QED) is 0.217. The minimum atomic E-state index is -1.74. The van der Waals surface area contributed by atoms with Gasteiger partial charge in [0.2, 0.25) is 0 Å². The highest BCUT2D eigenvalue weighted by Crippen LogP contribution is 2.33. The number of anilines is 2. The number of hydrogen-bond acceptors (Lipinski definition) is 4. The summed E-state index contributed by atoms with van der Waals surface area (Å²) >= 11 is 8.10. The Bertz CT molecular complexity index is 912. The van der Waals surface area contributed by atoms with Gasteiger partial charge in [-0.25, -0.2) is 23.5 Å². The molecule has 3 N–H and O–H groups in total. The van der Waals surface area contributed by atoms with Crippen molar-refractivity contribution in [3.8, 4) is 0 Å². The molecular formula is C18H15ClF3IN2O3. The summed E-state index contributed by atoms with van der Waals surface area (Å²) in [7, 11) is 0. The van der Waals surface area contributed by atoms with Crippen LogP contribution in [-0.2, 0) is 4.84 Å². The van der Waals surface area contributed by atoms with Gasteiger partial charge in [-0.15, -0.1) is 0 Å². The van der Waals surface area contributed by atoms with E-state index in [0.29, 0.717) is 6.07 Å². The molecule has 1 unspecified atom stereocenters. The molecule has 1 atom stereocenters. The lowest BCUT2D eigenvalue weighted by atomic mass is 9.85. The third-order valence-corrected chi connectivity index (χ3v) is 5.41. The van der Waals surface area contributed by atoms with Gasteiger partial charge in [-0.05, 0) is 59.7 Å². The van der Waals surface area contributed by atoms with E-state index in [1.54, 1.807) is 12.1 Å². The molecule has 1 aliphatic carbocycles. The van der Waals surface area contributed by atoms with Gasteiger partial charge in [-0.2, -0.15) is 0 Å². The molecule has 0 spiro atoms. The second-order valence-corrected chi connectivity index (χ2v) is 7.94. The Labute approximate surface area is 177 Å². The number of rotatable bonds is 6. The van der Waals surface area contributed by atoms with Crippen LogP contribution >= 0.6 is 34.2 Å². The molecule has 0 radical (unpaired) electrons. The molecule has 1 fully saturated rings. The summed E-state index contributed by atoms with van der Waals surface area (Å²) in [6.45, 7) is 0. The maximum absolute atomic E-state index is 14.4. The Morgan fingerprint density at radius 1 is 1.25 bits per heavy atom. The number of hydroxylamine groups is 1. The Morgan fingerprint density at radius 2 is 1.96 bits per heavy atom. The molecule has 10 heteroatoms. The third-order valence-electron chi connectivity index (χ3n) is 4.42. The molecule has 3 rings (SSSR count). The van der Waals surface area contributed by atoms with E-state index in [-0.39, 0.29) is 16.6 Å². The van der Waals surface area contributed by atoms with E-state index in [2.05, 4.69) is 5.32 Å². The first-order valence-corrected chi connectivity index (χ1v) is 9.77. The van der Waals surface area contributed by atoms with Crippen molar-refractivity contribution in [3.05, 3.63) is 55.9 Å². The fourth-order valence-electron chi connectivity index (χ4n) is 2.61. The summed E-state index contributed by atoms with van der Waals surface area (Å²) in [6, 6.07) is 5.27. The van der Waals surface area contributed by atoms with Crippen LogP contribution in [0.25, 0.3) is 0 Å². The summed E-state index contributed by atoms with van der Waals surface area (Å²) in [6.07, 6.45) is 1.19. The number of halogens is 5. The summed E-state index contributed by atoms with van der Waals surface area (Å²) < 4.78 is 42.6. The van der Waals surface area contributed by atoms with Crippen LogP contribution in [0.4, 0.5) is 24.5 Å². The highest BCUT2D eigenvalue weighted by molar-refractivity contribution is 14.1. The normalized spacial score (nSPS) is 15.1.